The molecule has 466 valence electrons. The van der Waals surface area contributed by atoms with E-state index in [0.717, 1.165) is 38.5 Å². The van der Waals surface area contributed by atoms with Crippen molar-refractivity contribution in [3.05, 3.63) is 0 Å². The van der Waals surface area contributed by atoms with Crippen LogP contribution in [0.5, 0.6) is 0 Å². The van der Waals surface area contributed by atoms with Gasteiger partial charge < -0.3 is 51.6 Å². The zero-order valence-electron chi connectivity index (χ0n) is 48.6. The SMILES string of the molecule is CCCCCCCCCCCCCCCC(=O)OC[C@H](CSCCC(=O)N[C@H](CCC(=O)O)C(=O)NCC(=O)N(NC(=O)CNC(=O)C(N)CCC(=O)O)[C@H](CCC(=O)O)C(=O)O)OC(=O)CCCCCCCCCCCCCCC. The first-order valence-corrected chi connectivity index (χ1v) is 31.0. The summed E-state index contributed by atoms with van der Waals surface area (Å²) in [5, 5.41) is 44.3. The molecule has 0 aromatic heterocycles. The van der Waals surface area contributed by atoms with Gasteiger partial charge in [0.05, 0.1) is 19.1 Å². The predicted octanol–water partition coefficient (Wildman–Crippen LogP) is 7.48. The third-order valence-corrected chi connectivity index (χ3v) is 14.5. The lowest BCUT2D eigenvalue weighted by Crippen LogP contribution is -2.59. The molecular weight excluding hydrogens is 1070 g/mol. The van der Waals surface area contributed by atoms with E-state index in [0.29, 0.717) is 12.8 Å². The Morgan fingerprint density at radius 1 is 0.494 bits per heavy atom. The molecule has 0 heterocycles. The molecule has 4 atom stereocenters. The number of rotatable bonds is 54. The number of hydrogen-bond donors (Lipinski definition) is 9. The number of unbranched alkanes of at least 4 members (excludes halogenated alkanes) is 24. The van der Waals surface area contributed by atoms with Crippen LogP contribution in [0, 0.1) is 0 Å². The second kappa shape index (κ2) is 50.2. The van der Waals surface area contributed by atoms with E-state index in [2.05, 4.69) is 29.8 Å². The summed E-state index contributed by atoms with van der Waals surface area (Å²) in [6, 6.07) is -4.86. The first-order valence-electron chi connectivity index (χ1n) is 29.8. The van der Waals surface area contributed by atoms with Gasteiger partial charge >= 0.3 is 35.8 Å². The Morgan fingerprint density at radius 2 is 0.926 bits per heavy atom. The largest absolute Gasteiger partial charge is 0.481 e. The maximum Gasteiger partial charge on any atom is 0.328 e. The molecule has 24 heteroatoms. The van der Waals surface area contributed by atoms with Gasteiger partial charge in [-0.05, 0) is 32.1 Å². The summed E-state index contributed by atoms with van der Waals surface area (Å²) in [4.78, 5) is 137. The third-order valence-electron chi connectivity index (χ3n) is 13.4. The number of nitrogens with one attached hydrogen (secondary N) is 4. The van der Waals surface area contributed by atoms with Crippen molar-refractivity contribution in [1.29, 1.82) is 0 Å². The van der Waals surface area contributed by atoms with Crippen molar-refractivity contribution in [2.75, 3.05) is 31.2 Å². The number of ether oxygens (including phenoxy) is 2. The van der Waals surface area contributed by atoms with Crippen molar-refractivity contribution in [1.82, 2.24) is 26.4 Å². The quantitative estimate of drug-likeness (QED) is 0.0162. The number of thioether (sulfide) groups is 1. The molecule has 81 heavy (non-hydrogen) atoms. The molecule has 0 spiro atoms. The molecule has 0 aromatic rings. The van der Waals surface area contributed by atoms with Crippen LogP contribution in [-0.4, -0.2) is 146 Å². The zero-order chi connectivity index (χ0) is 60.5. The summed E-state index contributed by atoms with van der Waals surface area (Å²) in [5.41, 5.74) is 7.61. The Bertz CT molecular complexity index is 1840. The van der Waals surface area contributed by atoms with Crippen LogP contribution in [0.2, 0.25) is 0 Å². The molecule has 10 N–H and O–H groups in total. The average molecular weight is 1170 g/mol. The zero-order valence-corrected chi connectivity index (χ0v) is 49.4. The second-order valence-corrected chi connectivity index (χ2v) is 21.9. The molecule has 0 fully saturated rings. The average Bonchev–Trinajstić information content (AvgIpc) is 3.42. The number of nitrogens with two attached hydrogens (primary N) is 1. The summed E-state index contributed by atoms with van der Waals surface area (Å²) in [6.45, 7) is 2.33. The Kier molecular flexibility index (Phi) is 46.8. The highest BCUT2D eigenvalue weighted by atomic mass is 32.2. The monoisotopic (exact) mass is 1170 g/mol. The third kappa shape index (κ3) is 44.8. The number of carboxylic acid groups (broad SMARTS) is 4. The van der Waals surface area contributed by atoms with Crippen molar-refractivity contribution < 1.29 is 82.6 Å². The van der Waals surface area contributed by atoms with Gasteiger partial charge in [0.1, 0.15) is 18.8 Å². The van der Waals surface area contributed by atoms with Crippen LogP contribution in [0.15, 0.2) is 0 Å². The van der Waals surface area contributed by atoms with Gasteiger partial charge in [-0.3, -0.25) is 53.4 Å². The standard InChI is InChI=1S/C57H100N6O17S/c1-3-5-7-9-11-13-15-17-19-21-23-25-27-29-53(73)79-41-43(80-54(74)30-28-26-24-22-20-18-16-14-12-10-8-6-4-2)42-81-38-37-47(64)61-45(32-35-51(69)70)56(76)60-40-49(66)63(46(57(77)78)33-36-52(71)72)62-48(65)39-59-55(75)44(58)31-34-50(67)68/h43-46H,3-42,58H2,1-2H3,(H,59,75)(H,60,76)(H,61,64)(H,62,65)(H,67,68)(H,69,70)(H,71,72)(H,77,78)/t43-,44?,45-,46-/m1/s1. The van der Waals surface area contributed by atoms with E-state index in [9.17, 15) is 68.1 Å². The highest BCUT2D eigenvalue weighted by molar-refractivity contribution is 7.99. The van der Waals surface area contributed by atoms with Crippen LogP contribution in [0.4, 0.5) is 0 Å². The molecule has 0 bridgehead atoms. The van der Waals surface area contributed by atoms with Crippen LogP contribution >= 0.6 is 11.8 Å². The molecule has 1 unspecified atom stereocenters. The fourth-order valence-electron chi connectivity index (χ4n) is 8.57. The van der Waals surface area contributed by atoms with Gasteiger partial charge in [-0.15, -0.1) is 0 Å². The maximum absolute atomic E-state index is 13.4. The van der Waals surface area contributed by atoms with E-state index in [1.807, 2.05) is 5.43 Å². The van der Waals surface area contributed by atoms with E-state index in [-0.39, 0.29) is 48.8 Å². The molecule has 0 radical (unpaired) electrons. The second-order valence-electron chi connectivity index (χ2n) is 20.7. The highest BCUT2D eigenvalue weighted by Crippen LogP contribution is 2.17. The lowest BCUT2D eigenvalue weighted by Gasteiger charge is -2.29. The lowest BCUT2D eigenvalue weighted by molar-refractivity contribution is -0.157. The number of carbonyl (C=O) groups excluding carboxylic acids is 7. The van der Waals surface area contributed by atoms with Crippen LogP contribution in [-0.2, 0) is 62.2 Å². The number of aliphatic carboxylic acids is 4. The molecule has 0 rings (SSSR count). The van der Waals surface area contributed by atoms with Gasteiger partial charge in [0.2, 0.25) is 17.7 Å². The van der Waals surface area contributed by atoms with Gasteiger partial charge in [-0.2, -0.15) is 11.8 Å². The summed E-state index contributed by atoms with van der Waals surface area (Å²) in [6.07, 6.45) is 26.3. The van der Waals surface area contributed by atoms with Gasteiger partial charge in [-0.25, -0.2) is 9.80 Å². The van der Waals surface area contributed by atoms with Crippen molar-refractivity contribution in [2.45, 2.75) is 263 Å². The van der Waals surface area contributed by atoms with E-state index < -0.39 is 135 Å². The van der Waals surface area contributed by atoms with Crippen LogP contribution < -0.4 is 27.1 Å². The lowest BCUT2D eigenvalue weighted by atomic mass is 10.0. The number of hydrazine groups is 1. The number of nitrogens with zero attached hydrogens (tertiary/aromatic N) is 1. The van der Waals surface area contributed by atoms with Gasteiger partial charge in [0, 0.05) is 50.0 Å². The van der Waals surface area contributed by atoms with Crippen molar-refractivity contribution in [2.24, 2.45) is 5.73 Å². The van der Waals surface area contributed by atoms with Crippen LogP contribution in [0.25, 0.3) is 0 Å². The van der Waals surface area contributed by atoms with Crippen molar-refractivity contribution >= 4 is 77.1 Å². The molecule has 0 saturated heterocycles. The molecular formula is C57H100N6O17S. The van der Waals surface area contributed by atoms with E-state index in [4.69, 9.17) is 20.3 Å². The first kappa shape index (κ1) is 75.5. The number of hydrogen-bond acceptors (Lipinski definition) is 15. The van der Waals surface area contributed by atoms with Gasteiger partial charge in [0.25, 0.3) is 11.8 Å². The minimum atomic E-state index is -2.00. The van der Waals surface area contributed by atoms with Gasteiger partial charge in [-0.1, -0.05) is 168 Å². The molecule has 0 aliphatic carbocycles. The molecule has 0 aliphatic rings. The molecule has 23 nitrogen and oxygen atoms in total. The summed E-state index contributed by atoms with van der Waals surface area (Å²) < 4.78 is 11.3. The van der Waals surface area contributed by atoms with E-state index in [1.54, 1.807) is 0 Å². The fourth-order valence-corrected chi connectivity index (χ4v) is 9.49. The summed E-state index contributed by atoms with van der Waals surface area (Å²) in [7, 11) is 0. The predicted molar refractivity (Wildman–Crippen MR) is 306 cm³/mol. The number of carboxylic acids is 4. The minimum absolute atomic E-state index is 0.133. The molecule has 0 aliphatic heterocycles. The normalized spacial score (nSPS) is 12.5. The summed E-state index contributed by atoms with van der Waals surface area (Å²) in [5.74, 6) is -11.5. The van der Waals surface area contributed by atoms with E-state index in [1.165, 1.54) is 127 Å². The van der Waals surface area contributed by atoms with Crippen molar-refractivity contribution in [3.63, 3.8) is 0 Å². The Morgan fingerprint density at radius 3 is 1.40 bits per heavy atom. The topological polar surface area (TPSA) is 365 Å². The number of esters is 2. The molecule has 0 aromatic carbocycles. The Labute approximate surface area is 484 Å². The van der Waals surface area contributed by atoms with Crippen LogP contribution in [0.3, 0.4) is 0 Å². The first-order chi connectivity index (χ1) is 38.8. The smallest absolute Gasteiger partial charge is 0.328 e. The highest BCUT2D eigenvalue weighted by Gasteiger charge is 2.33. The fraction of sp³-hybridized carbons (Fsp3) is 0.807. The number of amides is 5. The van der Waals surface area contributed by atoms with Crippen LogP contribution in [0.1, 0.15) is 239 Å². The van der Waals surface area contributed by atoms with Gasteiger partial charge in [0.15, 0.2) is 6.04 Å². The Hall–Kier alpha value is -5.52. The Balaban J connectivity index is 5.54. The maximum atomic E-state index is 13.4. The minimum Gasteiger partial charge on any atom is -0.481 e. The van der Waals surface area contributed by atoms with E-state index >= 15 is 0 Å². The molecule has 5 amide bonds. The van der Waals surface area contributed by atoms with Crippen molar-refractivity contribution in [3.8, 4) is 0 Å². The molecule has 0 saturated carbocycles. The summed E-state index contributed by atoms with van der Waals surface area (Å²) >= 11 is 1.22. The number of carbonyl (C=O) groups is 11.